The van der Waals surface area contributed by atoms with Gasteiger partial charge in [-0.1, -0.05) is 25.5 Å². The van der Waals surface area contributed by atoms with E-state index in [2.05, 4.69) is 19.1 Å². The number of aliphatic hydroxyl groups is 1. The maximum absolute atomic E-state index is 11.6. The molecule has 0 rings (SSSR count). The molecule has 0 aromatic carbocycles. The summed E-state index contributed by atoms with van der Waals surface area (Å²) in [6, 6.07) is 0. The van der Waals surface area contributed by atoms with Gasteiger partial charge in [-0.05, 0) is 25.7 Å². The van der Waals surface area contributed by atoms with Crippen LogP contribution in [0.3, 0.4) is 0 Å². The molecule has 0 spiro atoms. The van der Waals surface area contributed by atoms with Gasteiger partial charge in [-0.15, -0.1) is 0 Å². The first-order chi connectivity index (χ1) is 9.11. The van der Waals surface area contributed by atoms with Crippen molar-refractivity contribution in [2.75, 3.05) is 13.2 Å². The van der Waals surface area contributed by atoms with Crippen LogP contribution < -0.4 is 0 Å². The zero-order chi connectivity index (χ0) is 14.5. The molecule has 1 atom stereocenters. The zero-order valence-electron chi connectivity index (χ0n) is 11.5. The number of aliphatic hydroxyl groups excluding tert-OH is 1. The van der Waals surface area contributed by atoms with E-state index in [0.717, 1.165) is 25.7 Å². The second kappa shape index (κ2) is 11.7. The van der Waals surface area contributed by atoms with Gasteiger partial charge in [-0.3, -0.25) is 9.59 Å². The lowest BCUT2D eigenvalue weighted by molar-refractivity contribution is -0.154. The molecular formula is C14H24O5. The van der Waals surface area contributed by atoms with E-state index in [1.807, 2.05) is 0 Å². The van der Waals surface area contributed by atoms with Crippen LogP contribution in [0.5, 0.6) is 0 Å². The van der Waals surface area contributed by atoms with Gasteiger partial charge in [0.25, 0.3) is 0 Å². The first kappa shape index (κ1) is 17.6. The minimum absolute atomic E-state index is 0.0752. The normalized spacial score (nSPS) is 12.5. The highest BCUT2D eigenvalue weighted by Gasteiger charge is 2.22. The molecule has 19 heavy (non-hydrogen) atoms. The molecule has 0 aliphatic heterocycles. The Hall–Kier alpha value is -1.36. The Morgan fingerprint density at radius 3 is 2.58 bits per heavy atom. The standard InChI is InChI=1S/C14H24O5/c1-2-3-4-5-6-7-8-12(11-13(16)17)14(18)19-10-9-15/h3-4,12,15H,2,5-11H2,1H3,(H,16,17)/b4-3+. The molecule has 0 aromatic rings. The number of rotatable bonds is 11. The van der Waals surface area contributed by atoms with Crippen molar-refractivity contribution in [2.45, 2.75) is 45.4 Å². The molecule has 0 aliphatic rings. The second-order valence-electron chi connectivity index (χ2n) is 4.35. The second-order valence-corrected chi connectivity index (χ2v) is 4.35. The molecule has 5 heteroatoms. The number of unbranched alkanes of at least 4 members (excludes halogenated alkanes) is 2. The lowest BCUT2D eigenvalue weighted by Gasteiger charge is -2.13. The number of hydrogen-bond acceptors (Lipinski definition) is 4. The number of hydrogen-bond donors (Lipinski definition) is 2. The summed E-state index contributed by atoms with van der Waals surface area (Å²) < 4.78 is 4.78. The van der Waals surface area contributed by atoms with Crippen molar-refractivity contribution < 1.29 is 24.5 Å². The number of carbonyl (C=O) groups is 2. The van der Waals surface area contributed by atoms with Gasteiger partial charge in [0.15, 0.2) is 0 Å². The number of ether oxygens (including phenoxy) is 1. The molecule has 0 saturated heterocycles. The molecule has 110 valence electrons. The van der Waals surface area contributed by atoms with Crippen LogP contribution in [0.4, 0.5) is 0 Å². The first-order valence-corrected chi connectivity index (χ1v) is 6.76. The summed E-state index contributed by atoms with van der Waals surface area (Å²) >= 11 is 0. The number of esters is 1. The van der Waals surface area contributed by atoms with Gasteiger partial charge in [-0.25, -0.2) is 0 Å². The average Bonchev–Trinajstić information content (AvgIpc) is 2.38. The third kappa shape index (κ3) is 10.3. The third-order valence-electron chi connectivity index (χ3n) is 2.67. The maximum atomic E-state index is 11.6. The Balaban J connectivity index is 4.02. The van der Waals surface area contributed by atoms with Crippen LogP contribution in [0.2, 0.25) is 0 Å². The van der Waals surface area contributed by atoms with E-state index in [1.54, 1.807) is 0 Å². The smallest absolute Gasteiger partial charge is 0.309 e. The third-order valence-corrected chi connectivity index (χ3v) is 2.67. The summed E-state index contributed by atoms with van der Waals surface area (Å²) in [6.07, 6.45) is 8.15. The van der Waals surface area contributed by atoms with Gasteiger partial charge in [0, 0.05) is 0 Å². The predicted octanol–water partition coefficient (Wildman–Crippen LogP) is 2.14. The summed E-state index contributed by atoms with van der Waals surface area (Å²) in [5.41, 5.74) is 0. The highest BCUT2D eigenvalue weighted by molar-refractivity contribution is 5.79. The van der Waals surface area contributed by atoms with Crippen LogP contribution in [0, 0.1) is 5.92 Å². The van der Waals surface area contributed by atoms with Crippen LogP contribution >= 0.6 is 0 Å². The van der Waals surface area contributed by atoms with Crippen molar-refractivity contribution in [3.8, 4) is 0 Å². The van der Waals surface area contributed by atoms with Crippen molar-refractivity contribution in [1.29, 1.82) is 0 Å². The summed E-state index contributed by atoms with van der Waals surface area (Å²) in [4.78, 5) is 22.3. The van der Waals surface area contributed by atoms with Gasteiger partial charge >= 0.3 is 11.9 Å². The van der Waals surface area contributed by atoms with Crippen LogP contribution in [0.25, 0.3) is 0 Å². The van der Waals surface area contributed by atoms with Gasteiger partial charge in [0.05, 0.1) is 18.9 Å². The van der Waals surface area contributed by atoms with Crippen LogP contribution in [-0.4, -0.2) is 35.4 Å². The molecule has 1 unspecified atom stereocenters. The van der Waals surface area contributed by atoms with Crippen molar-refractivity contribution in [1.82, 2.24) is 0 Å². The number of carboxylic acids is 1. The van der Waals surface area contributed by atoms with E-state index in [9.17, 15) is 9.59 Å². The fourth-order valence-electron chi connectivity index (χ4n) is 1.72. The van der Waals surface area contributed by atoms with Crippen molar-refractivity contribution in [2.24, 2.45) is 5.92 Å². The number of allylic oxidation sites excluding steroid dienone is 2. The highest BCUT2D eigenvalue weighted by Crippen LogP contribution is 2.16. The quantitative estimate of drug-likeness (QED) is 0.342. The monoisotopic (exact) mass is 272 g/mol. The molecule has 0 heterocycles. The fourth-order valence-corrected chi connectivity index (χ4v) is 1.72. The van der Waals surface area contributed by atoms with E-state index >= 15 is 0 Å². The average molecular weight is 272 g/mol. The number of carbonyl (C=O) groups excluding carboxylic acids is 1. The Morgan fingerprint density at radius 1 is 1.26 bits per heavy atom. The van der Waals surface area contributed by atoms with Crippen molar-refractivity contribution in [3.05, 3.63) is 12.2 Å². The Morgan fingerprint density at radius 2 is 2.00 bits per heavy atom. The van der Waals surface area contributed by atoms with Crippen molar-refractivity contribution in [3.63, 3.8) is 0 Å². The van der Waals surface area contributed by atoms with E-state index < -0.39 is 17.9 Å². The molecule has 0 aromatic heterocycles. The lowest BCUT2D eigenvalue weighted by Crippen LogP contribution is -2.22. The fraction of sp³-hybridized carbons (Fsp3) is 0.714. The summed E-state index contributed by atoms with van der Waals surface area (Å²) in [5, 5.41) is 17.3. The summed E-state index contributed by atoms with van der Waals surface area (Å²) in [7, 11) is 0. The lowest BCUT2D eigenvalue weighted by atomic mass is 9.98. The van der Waals surface area contributed by atoms with Gasteiger partial charge < -0.3 is 14.9 Å². The molecule has 5 nitrogen and oxygen atoms in total. The molecular weight excluding hydrogens is 248 g/mol. The molecule has 0 fully saturated rings. The highest BCUT2D eigenvalue weighted by atomic mass is 16.5. The first-order valence-electron chi connectivity index (χ1n) is 6.76. The van der Waals surface area contributed by atoms with E-state index in [4.69, 9.17) is 14.9 Å². The SMILES string of the molecule is CC/C=C/CCCCC(CC(=O)O)C(=O)OCCO. The molecule has 0 radical (unpaired) electrons. The molecule has 0 bridgehead atoms. The summed E-state index contributed by atoms with van der Waals surface area (Å²) in [5.74, 6) is -2.14. The topological polar surface area (TPSA) is 83.8 Å². The van der Waals surface area contributed by atoms with Gasteiger partial charge in [0.2, 0.25) is 0 Å². The van der Waals surface area contributed by atoms with Crippen LogP contribution in [-0.2, 0) is 14.3 Å². The van der Waals surface area contributed by atoms with E-state index in [-0.39, 0.29) is 19.6 Å². The largest absolute Gasteiger partial charge is 0.481 e. The minimum atomic E-state index is -1.00. The van der Waals surface area contributed by atoms with Gasteiger partial charge in [0.1, 0.15) is 6.61 Å². The molecule has 2 N–H and O–H groups in total. The number of carboxylic acid groups (broad SMARTS) is 1. The molecule has 0 saturated carbocycles. The summed E-state index contributed by atoms with van der Waals surface area (Å²) in [6.45, 7) is 1.75. The van der Waals surface area contributed by atoms with E-state index in [1.165, 1.54) is 0 Å². The predicted molar refractivity (Wildman–Crippen MR) is 71.7 cm³/mol. The van der Waals surface area contributed by atoms with Crippen molar-refractivity contribution >= 4 is 11.9 Å². The Bertz CT molecular complexity index is 286. The molecule has 0 aliphatic carbocycles. The minimum Gasteiger partial charge on any atom is -0.481 e. The van der Waals surface area contributed by atoms with Crippen LogP contribution in [0.1, 0.15) is 45.4 Å². The maximum Gasteiger partial charge on any atom is 0.309 e. The number of aliphatic carboxylic acids is 1. The van der Waals surface area contributed by atoms with Gasteiger partial charge in [-0.2, -0.15) is 0 Å². The Kier molecular flexibility index (Phi) is 10.9. The Labute approximate surface area is 114 Å². The van der Waals surface area contributed by atoms with E-state index in [0.29, 0.717) is 6.42 Å². The zero-order valence-corrected chi connectivity index (χ0v) is 11.5. The van der Waals surface area contributed by atoms with Crippen LogP contribution in [0.15, 0.2) is 12.2 Å². The molecule has 0 amide bonds.